The van der Waals surface area contributed by atoms with E-state index in [-0.39, 0.29) is 11.6 Å². The average molecular weight is 235 g/mol. The summed E-state index contributed by atoms with van der Waals surface area (Å²) in [5.41, 5.74) is 5.85. The first kappa shape index (κ1) is 11.1. The fraction of sp³-hybridized carbons (Fsp3) is 0.846. The minimum absolute atomic E-state index is 0.0915. The Balaban J connectivity index is 1.83. The van der Waals surface area contributed by atoms with Crippen LogP contribution in [0.1, 0.15) is 45.4 Å². The highest BCUT2D eigenvalue weighted by Gasteiger charge is 2.53. The van der Waals surface area contributed by atoms with Crippen LogP contribution in [0.2, 0.25) is 0 Å². The van der Waals surface area contributed by atoms with Crippen molar-refractivity contribution in [2.24, 2.45) is 22.6 Å². The van der Waals surface area contributed by atoms with Gasteiger partial charge in [-0.3, -0.25) is 0 Å². The molecule has 4 nitrogen and oxygen atoms in total. The molecule has 0 aromatic carbocycles. The van der Waals surface area contributed by atoms with Gasteiger partial charge < -0.3 is 10.6 Å². The SMILES string of the molecule is CCC1CCC2(C1)C(N)=NC(=O)N2CC1CC1. The fourth-order valence-corrected chi connectivity index (χ4v) is 3.35. The van der Waals surface area contributed by atoms with Crippen LogP contribution in [-0.4, -0.2) is 28.9 Å². The second kappa shape index (κ2) is 3.72. The Morgan fingerprint density at radius 2 is 2.18 bits per heavy atom. The molecule has 0 bridgehead atoms. The molecule has 2 amide bonds. The van der Waals surface area contributed by atoms with Gasteiger partial charge in [0.15, 0.2) is 0 Å². The van der Waals surface area contributed by atoms with Gasteiger partial charge in [0.2, 0.25) is 0 Å². The van der Waals surface area contributed by atoms with E-state index < -0.39 is 0 Å². The Kier molecular flexibility index (Phi) is 2.42. The lowest BCUT2D eigenvalue weighted by Crippen LogP contribution is -2.53. The summed E-state index contributed by atoms with van der Waals surface area (Å²) < 4.78 is 0. The van der Waals surface area contributed by atoms with E-state index in [1.165, 1.54) is 25.7 Å². The minimum atomic E-state index is -0.208. The third-order valence-corrected chi connectivity index (χ3v) is 4.75. The van der Waals surface area contributed by atoms with Gasteiger partial charge >= 0.3 is 6.03 Å². The van der Waals surface area contributed by atoms with E-state index in [1.807, 2.05) is 4.90 Å². The minimum Gasteiger partial charge on any atom is -0.385 e. The number of hydrogen-bond donors (Lipinski definition) is 1. The summed E-state index contributed by atoms with van der Waals surface area (Å²) in [6, 6.07) is -0.0915. The molecule has 2 saturated carbocycles. The first-order valence-electron chi connectivity index (χ1n) is 6.82. The van der Waals surface area contributed by atoms with Crippen molar-refractivity contribution in [1.82, 2.24) is 4.90 Å². The van der Waals surface area contributed by atoms with Crippen LogP contribution >= 0.6 is 0 Å². The van der Waals surface area contributed by atoms with Crippen LogP contribution in [0.3, 0.4) is 0 Å². The van der Waals surface area contributed by atoms with E-state index in [9.17, 15) is 4.79 Å². The van der Waals surface area contributed by atoms with Crippen LogP contribution < -0.4 is 5.73 Å². The first-order valence-corrected chi connectivity index (χ1v) is 6.82. The molecular formula is C13H21N3O. The average Bonchev–Trinajstić information content (AvgIpc) is 2.98. The molecule has 3 rings (SSSR count). The topological polar surface area (TPSA) is 58.7 Å². The lowest BCUT2D eigenvalue weighted by molar-refractivity contribution is 0.166. The summed E-state index contributed by atoms with van der Waals surface area (Å²) in [4.78, 5) is 18.0. The number of amides is 2. The second-order valence-corrected chi connectivity index (χ2v) is 5.88. The summed E-state index contributed by atoms with van der Waals surface area (Å²) in [5, 5.41) is 0. The molecule has 94 valence electrons. The first-order chi connectivity index (χ1) is 8.15. The highest BCUT2D eigenvalue weighted by atomic mass is 16.2. The zero-order chi connectivity index (χ0) is 12.0. The molecule has 4 heteroatoms. The standard InChI is InChI=1S/C13H21N3O/c1-2-9-5-6-13(7-9)11(14)15-12(17)16(13)8-10-3-4-10/h9-10H,2-8H2,1H3,(H2,14,15,17). The van der Waals surface area contributed by atoms with Gasteiger partial charge in [0.25, 0.3) is 0 Å². The molecule has 2 aliphatic carbocycles. The molecule has 1 heterocycles. The van der Waals surface area contributed by atoms with E-state index in [1.54, 1.807) is 0 Å². The fourth-order valence-electron chi connectivity index (χ4n) is 3.35. The van der Waals surface area contributed by atoms with Crippen molar-refractivity contribution in [3.05, 3.63) is 0 Å². The number of nitrogens with zero attached hydrogens (tertiary/aromatic N) is 2. The Morgan fingerprint density at radius 3 is 2.76 bits per heavy atom. The summed E-state index contributed by atoms with van der Waals surface area (Å²) in [6.07, 6.45) is 6.92. The van der Waals surface area contributed by atoms with Crippen molar-refractivity contribution in [3.63, 3.8) is 0 Å². The van der Waals surface area contributed by atoms with Gasteiger partial charge in [0.1, 0.15) is 11.4 Å². The molecule has 2 N–H and O–H groups in total. The summed E-state index contributed by atoms with van der Waals surface area (Å²) in [5.74, 6) is 1.99. The number of nitrogens with two attached hydrogens (primary N) is 1. The number of rotatable bonds is 3. The monoisotopic (exact) mass is 235 g/mol. The van der Waals surface area contributed by atoms with E-state index in [0.717, 1.165) is 19.4 Å². The number of aliphatic imine (C=N–C) groups is 1. The van der Waals surface area contributed by atoms with E-state index >= 15 is 0 Å². The van der Waals surface area contributed by atoms with E-state index in [0.29, 0.717) is 17.7 Å². The molecule has 0 radical (unpaired) electrons. The predicted octanol–water partition coefficient (Wildman–Crippen LogP) is 2.14. The van der Waals surface area contributed by atoms with Crippen LogP contribution in [0.4, 0.5) is 4.79 Å². The lowest BCUT2D eigenvalue weighted by Gasteiger charge is -2.35. The highest BCUT2D eigenvalue weighted by Crippen LogP contribution is 2.45. The third-order valence-electron chi connectivity index (χ3n) is 4.75. The van der Waals surface area contributed by atoms with E-state index in [4.69, 9.17) is 5.73 Å². The van der Waals surface area contributed by atoms with Crippen molar-refractivity contribution < 1.29 is 4.79 Å². The molecule has 0 aromatic heterocycles. The quantitative estimate of drug-likeness (QED) is 0.814. The molecule has 1 aliphatic heterocycles. The predicted molar refractivity (Wildman–Crippen MR) is 66.8 cm³/mol. The van der Waals surface area contributed by atoms with Crippen LogP contribution in [0, 0.1) is 11.8 Å². The Hall–Kier alpha value is -1.06. The van der Waals surface area contributed by atoms with Gasteiger partial charge in [-0.2, -0.15) is 4.99 Å². The molecule has 17 heavy (non-hydrogen) atoms. The molecule has 2 atom stereocenters. The number of urea groups is 1. The smallest absolute Gasteiger partial charge is 0.346 e. The van der Waals surface area contributed by atoms with Crippen molar-refractivity contribution in [2.45, 2.75) is 51.0 Å². The van der Waals surface area contributed by atoms with Crippen LogP contribution in [-0.2, 0) is 0 Å². The maximum atomic E-state index is 12.0. The number of amidine groups is 1. The molecule has 2 unspecified atom stereocenters. The third kappa shape index (κ3) is 1.65. The Bertz CT molecular complexity index is 375. The highest BCUT2D eigenvalue weighted by molar-refractivity contribution is 6.06. The zero-order valence-corrected chi connectivity index (χ0v) is 10.5. The molecule has 2 fully saturated rings. The second-order valence-electron chi connectivity index (χ2n) is 5.88. The molecule has 0 saturated heterocycles. The number of carbonyl (C=O) groups is 1. The molecule has 3 aliphatic rings. The summed E-state index contributed by atoms with van der Waals surface area (Å²) in [6.45, 7) is 3.10. The Morgan fingerprint density at radius 1 is 1.41 bits per heavy atom. The Labute approximate surface area is 102 Å². The molecule has 1 spiro atoms. The van der Waals surface area contributed by atoms with Crippen LogP contribution in [0.15, 0.2) is 4.99 Å². The lowest BCUT2D eigenvalue weighted by atomic mass is 9.92. The largest absolute Gasteiger partial charge is 0.385 e. The van der Waals surface area contributed by atoms with E-state index in [2.05, 4.69) is 11.9 Å². The summed E-state index contributed by atoms with van der Waals surface area (Å²) in [7, 11) is 0. The van der Waals surface area contributed by atoms with Gasteiger partial charge in [-0.05, 0) is 43.9 Å². The van der Waals surface area contributed by atoms with Gasteiger partial charge in [0, 0.05) is 6.54 Å². The number of carbonyl (C=O) groups excluding carboxylic acids is 1. The van der Waals surface area contributed by atoms with Crippen LogP contribution in [0.5, 0.6) is 0 Å². The van der Waals surface area contributed by atoms with Gasteiger partial charge in [-0.15, -0.1) is 0 Å². The summed E-state index contributed by atoms with van der Waals surface area (Å²) >= 11 is 0. The normalized spacial score (nSPS) is 37.0. The van der Waals surface area contributed by atoms with Gasteiger partial charge in [-0.1, -0.05) is 13.3 Å². The van der Waals surface area contributed by atoms with Gasteiger partial charge in [0.05, 0.1) is 0 Å². The van der Waals surface area contributed by atoms with Gasteiger partial charge in [-0.25, -0.2) is 4.79 Å². The van der Waals surface area contributed by atoms with Crippen LogP contribution in [0.25, 0.3) is 0 Å². The van der Waals surface area contributed by atoms with Crippen molar-refractivity contribution in [3.8, 4) is 0 Å². The van der Waals surface area contributed by atoms with Crippen molar-refractivity contribution in [2.75, 3.05) is 6.54 Å². The molecule has 0 aromatic rings. The maximum Gasteiger partial charge on any atom is 0.346 e. The van der Waals surface area contributed by atoms with Crippen molar-refractivity contribution in [1.29, 1.82) is 0 Å². The number of hydrogen-bond acceptors (Lipinski definition) is 2. The molecular weight excluding hydrogens is 214 g/mol. The van der Waals surface area contributed by atoms with Crippen molar-refractivity contribution >= 4 is 11.9 Å². The zero-order valence-electron chi connectivity index (χ0n) is 10.5. The maximum absolute atomic E-state index is 12.0.